The highest BCUT2D eigenvalue weighted by molar-refractivity contribution is 5.79. The van der Waals surface area contributed by atoms with Crippen LogP contribution in [0.25, 0.3) is 0 Å². The van der Waals surface area contributed by atoms with Crippen molar-refractivity contribution in [3.05, 3.63) is 0 Å². The summed E-state index contributed by atoms with van der Waals surface area (Å²) < 4.78 is 0. The molecule has 0 aromatic heterocycles. The summed E-state index contributed by atoms with van der Waals surface area (Å²) in [6, 6.07) is 1.13. The lowest BCUT2D eigenvalue weighted by Crippen LogP contribution is -2.52. The number of nitrogens with one attached hydrogen (secondary N) is 1. The van der Waals surface area contributed by atoms with Crippen LogP contribution in [0.2, 0.25) is 0 Å². The Bertz CT molecular complexity index is 341. The summed E-state index contributed by atoms with van der Waals surface area (Å²) in [6.07, 6.45) is 7.20. The number of carbonyl (C=O) groups is 1. The summed E-state index contributed by atoms with van der Waals surface area (Å²) in [7, 11) is 0. The summed E-state index contributed by atoms with van der Waals surface area (Å²) in [4.78, 5) is 17.5. The summed E-state index contributed by atoms with van der Waals surface area (Å²) in [5.74, 6) is 0.700. The lowest BCUT2D eigenvalue weighted by Gasteiger charge is -2.40. The van der Waals surface area contributed by atoms with Gasteiger partial charge in [-0.1, -0.05) is 0 Å². The van der Waals surface area contributed by atoms with Crippen molar-refractivity contribution < 1.29 is 4.79 Å². The average molecular weight is 279 g/mol. The smallest absolute Gasteiger partial charge is 0.225 e. The van der Waals surface area contributed by atoms with E-state index >= 15 is 0 Å². The fourth-order valence-electron chi connectivity index (χ4n) is 4.17. The van der Waals surface area contributed by atoms with E-state index in [1.807, 2.05) is 0 Å². The number of rotatable bonds is 2. The van der Waals surface area contributed by atoms with Crippen LogP contribution >= 0.6 is 0 Å². The van der Waals surface area contributed by atoms with E-state index in [2.05, 4.69) is 22.0 Å². The Kier molecular flexibility index (Phi) is 4.61. The molecular formula is C16H29N3O. The van der Waals surface area contributed by atoms with E-state index in [4.69, 9.17) is 0 Å². The number of likely N-dealkylation sites (tertiary alicyclic amines) is 2. The lowest BCUT2D eigenvalue weighted by molar-refractivity contribution is -0.138. The third-order valence-corrected chi connectivity index (χ3v) is 5.34. The predicted octanol–water partition coefficient (Wildman–Crippen LogP) is 1.46. The highest BCUT2D eigenvalue weighted by atomic mass is 16.2. The lowest BCUT2D eigenvalue weighted by atomic mass is 9.91. The molecule has 0 spiro atoms. The molecule has 20 heavy (non-hydrogen) atoms. The van der Waals surface area contributed by atoms with Crippen LogP contribution in [0.1, 0.15) is 45.4 Å². The zero-order valence-corrected chi connectivity index (χ0v) is 12.8. The topological polar surface area (TPSA) is 35.6 Å². The van der Waals surface area contributed by atoms with Gasteiger partial charge in [0, 0.05) is 31.1 Å². The van der Waals surface area contributed by atoms with Crippen molar-refractivity contribution in [1.29, 1.82) is 0 Å². The molecule has 3 heterocycles. The van der Waals surface area contributed by atoms with Crippen LogP contribution in [0.5, 0.6) is 0 Å². The number of carbonyl (C=O) groups excluding carboxylic acids is 1. The molecule has 3 atom stereocenters. The maximum Gasteiger partial charge on any atom is 0.225 e. The molecule has 114 valence electrons. The monoisotopic (exact) mass is 279 g/mol. The Morgan fingerprint density at radius 1 is 1.10 bits per heavy atom. The summed E-state index contributed by atoms with van der Waals surface area (Å²) in [5, 5.41) is 3.44. The number of piperidine rings is 2. The van der Waals surface area contributed by atoms with Crippen molar-refractivity contribution in [3.8, 4) is 0 Å². The Morgan fingerprint density at radius 2 is 1.90 bits per heavy atom. The van der Waals surface area contributed by atoms with Gasteiger partial charge in [-0.2, -0.15) is 0 Å². The van der Waals surface area contributed by atoms with Gasteiger partial charge in [-0.05, 0) is 65.1 Å². The van der Waals surface area contributed by atoms with Crippen LogP contribution in [0.3, 0.4) is 0 Å². The van der Waals surface area contributed by atoms with Crippen molar-refractivity contribution in [2.24, 2.45) is 5.92 Å². The Morgan fingerprint density at radius 3 is 2.65 bits per heavy atom. The van der Waals surface area contributed by atoms with Crippen molar-refractivity contribution in [1.82, 2.24) is 15.1 Å². The van der Waals surface area contributed by atoms with Gasteiger partial charge in [-0.15, -0.1) is 0 Å². The third kappa shape index (κ3) is 3.17. The van der Waals surface area contributed by atoms with Crippen molar-refractivity contribution in [3.63, 3.8) is 0 Å². The van der Waals surface area contributed by atoms with E-state index < -0.39 is 0 Å². The molecule has 0 saturated carbocycles. The van der Waals surface area contributed by atoms with Crippen LogP contribution in [0.15, 0.2) is 0 Å². The van der Waals surface area contributed by atoms with Crippen LogP contribution in [0.4, 0.5) is 0 Å². The van der Waals surface area contributed by atoms with Crippen LogP contribution in [-0.4, -0.2) is 60.5 Å². The molecule has 4 heteroatoms. The number of nitrogens with zero attached hydrogens (tertiary/aromatic N) is 2. The van der Waals surface area contributed by atoms with Gasteiger partial charge < -0.3 is 10.2 Å². The average Bonchev–Trinajstić information content (AvgIpc) is 3.01. The van der Waals surface area contributed by atoms with Gasteiger partial charge in [0.15, 0.2) is 0 Å². The minimum Gasteiger partial charge on any atom is -0.341 e. The van der Waals surface area contributed by atoms with E-state index in [0.29, 0.717) is 18.0 Å². The Labute approximate surface area is 122 Å². The van der Waals surface area contributed by atoms with Gasteiger partial charge >= 0.3 is 0 Å². The Hall–Kier alpha value is -0.610. The molecule has 3 aliphatic heterocycles. The van der Waals surface area contributed by atoms with E-state index in [1.54, 1.807) is 0 Å². The quantitative estimate of drug-likeness (QED) is 0.831. The molecule has 1 N–H and O–H groups in total. The highest BCUT2D eigenvalue weighted by Crippen LogP contribution is 2.24. The van der Waals surface area contributed by atoms with Gasteiger partial charge in [-0.3, -0.25) is 9.69 Å². The molecule has 3 aliphatic rings. The first-order chi connectivity index (χ1) is 9.74. The van der Waals surface area contributed by atoms with Crippen LogP contribution < -0.4 is 5.32 Å². The second-order valence-corrected chi connectivity index (χ2v) is 6.90. The molecular weight excluding hydrogens is 250 g/mol. The van der Waals surface area contributed by atoms with E-state index in [1.165, 1.54) is 38.8 Å². The SMILES string of the molecule is CC1CC(C(=O)N2CCCC(N3CCCC3)C2)CCN1. The van der Waals surface area contributed by atoms with Gasteiger partial charge in [-0.25, -0.2) is 0 Å². The normalized spacial score (nSPS) is 36.2. The minimum absolute atomic E-state index is 0.267. The Balaban J connectivity index is 1.56. The van der Waals surface area contributed by atoms with Crippen molar-refractivity contribution in [2.45, 2.75) is 57.5 Å². The molecule has 0 aliphatic carbocycles. The van der Waals surface area contributed by atoms with Gasteiger partial charge in [0.2, 0.25) is 5.91 Å². The van der Waals surface area contributed by atoms with Crippen LogP contribution in [-0.2, 0) is 4.79 Å². The van der Waals surface area contributed by atoms with E-state index in [0.717, 1.165) is 32.5 Å². The molecule has 1 amide bonds. The first-order valence-electron chi connectivity index (χ1n) is 8.50. The second-order valence-electron chi connectivity index (χ2n) is 6.90. The molecule has 3 saturated heterocycles. The first-order valence-corrected chi connectivity index (χ1v) is 8.50. The molecule has 4 nitrogen and oxygen atoms in total. The summed E-state index contributed by atoms with van der Waals surface area (Å²) in [5.41, 5.74) is 0. The standard InChI is InChI=1S/C16H29N3O/c1-13-11-14(6-7-17-13)16(20)19-10-4-5-15(12-19)18-8-2-3-9-18/h13-15,17H,2-12H2,1H3. The van der Waals surface area contributed by atoms with E-state index in [9.17, 15) is 4.79 Å². The fourth-order valence-corrected chi connectivity index (χ4v) is 4.17. The molecule has 0 bridgehead atoms. The number of hydrogen-bond acceptors (Lipinski definition) is 3. The predicted molar refractivity (Wildman–Crippen MR) is 80.6 cm³/mol. The summed E-state index contributed by atoms with van der Waals surface area (Å²) in [6.45, 7) is 7.66. The zero-order valence-electron chi connectivity index (χ0n) is 12.8. The highest BCUT2D eigenvalue weighted by Gasteiger charge is 2.33. The molecule has 3 unspecified atom stereocenters. The zero-order chi connectivity index (χ0) is 13.9. The summed E-state index contributed by atoms with van der Waals surface area (Å²) >= 11 is 0. The second kappa shape index (κ2) is 6.44. The third-order valence-electron chi connectivity index (χ3n) is 5.34. The molecule has 0 aromatic rings. The number of hydrogen-bond donors (Lipinski definition) is 1. The van der Waals surface area contributed by atoms with Crippen molar-refractivity contribution in [2.75, 3.05) is 32.7 Å². The first kappa shape index (κ1) is 14.3. The largest absolute Gasteiger partial charge is 0.341 e. The maximum atomic E-state index is 12.7. The maximum absolute atomic E-state index is 12.7. The molecule has 0 aromatic carbocycles. The fraction of sp³-hybridized carbons (Fsp3) is 0.938. The molecule has 3 fully saturated rings. The van der Waals surface area contributed by atoms with E-state index in [-0.39, 0.29) is 5.92 Å². The van der Waals surface area contributed by atoms with Gasteiger partial charge in [0.1, 0.15) is 0 Å². The van der Waals surface area contributed by atoms with Gasteiger partial charge in [0.25, 0.3) is 0 Å². The number of amides is 1. The van der Waals surface area contributed by atoms with Crippen LogP contribution in [0, 0.1) is 5.92 Å². The molecule has 3 rings (SSSR count). The minimum atomic E-state index is 0.267. The molecule has 0 radical (unpaired) electrons. The van der Waals surface area contributed by atoms with Gasteiger partial charge in [0.05, 0.1) is 0 Å². The van der Waals surface area contributed by atoms with Crippen molar-refractivity contribution >= 4 is 5.91 Å².